The summed E-state index contributed by atoms with van der Waals surface area (Å²) in [6, 6.07) is 10.2. The molecular weight excluding hydrogens is 214 g/mol. The third-order valence-electron chi connectivity index (χ3n) is 3.16. The Morgan fingerprint density at radius 3 is 2.94 bits per heavy atom. The Balaban J connectivity index is 1.81. The van der Waals surface area contributed by atoms with Crippen LogP contribution >= 0.6 is 0 Å². The van der Waals surface area contributed by atoms with Crippen molar-refractivity contribution < 1.29 is 9.52 Å². The summed E-state index contributed by atoms with van der Waals surface area (Å²) in [5, 5.41) is 9.57. The highest BCUT2D eigenvalue weighted by Gasteiger charge is 2.22. The Bertz CT molecular complexity index is 504. The molecule has 0 fully saturated rings. The van der Waals surface area contributed by atoms with Crippen molar-refractivity contribution >= 4 is 0 Å². The smallest absolute Gasteiger partial charge is 0.199 e. The third kappa shape index (κ3) is 2.24. The summed E-state index contributed by atoms with van der Waals surface area (Å²) < 4.78 is 5.71. The second-order valence-electron chi connectivity index (χ2n) is 4.54. The van der Waals surface area contributed by atoms with Gasteiger partial charge in [0.2, 0.25) is 0 Å². The molecule has 3 nitrogen and oxygen atoms in total. The van der Waals surface area contributed by atoms with Gasteiger partial charge in [-0.1, -0.05) is 30.3 Å². The standard InChI is InChI=1S/C14H15NO2/c16-11-6-7-12-13(9-11)17-14(15-12)8-10-4-2-1-3-5-10/h1-5,11,16H,6-9H2. The van der Waals surface area contributed by atoms with Crippen molar-refractivity contribution in [3.05, 3.63) is 53.2 Å². The molecule has 2 aromatic rings. The minimum Gasteiger partial charge on any atom is -0.445 e. The summed E-state index contributed by atoms with van der Waals surface area (Å²) in [7, 11) is 0. The average Bonchev–Trinajstić information content (AvgIpc) is 2.71. The van der Waals surface area contributed by atoms with Crippen LogP contribution in [0.1, 0.15) is 29.3 Å². The monoisotopic (exact) mass is 229 g/mol. The number of aryl methyl sites for hydroxylation is 1. The highest BCUT2D eigenvalue weighted by Crippen LogP contribution is 2.23. The number of fused-ring (bicyclic) bond motifs is 1. The molecule has 0 aliphatic heterocycles. The molecule has 0 saturated carbocycles. The number of rotatable bonds is 2. The second-order valence-corrected chi connectivity index (χ2v) is 4.54. The zero-order valence-electron chi connectivity index (χ0n) is 9.60. The number of benzene rings is 1. The van der Waals surface area contributed by atoms with Crippen LogP contribution in [0, 0.1) is 0 Å². The summed E-state index contributed by atoms with van der Waals surface area (Å²) in [4.78, 5) is 4.50. The Kier molecular flexibility index (Phi) is 2.69. The van der Waals surface area contributed by atoms with E-state index in [4.69, 9.17) is 4.42 Å². The molecule has 1 aromatic heterocycles. The first-order valence-corrected chi connectivity index (χ1v) is 6.01. The highest BCUT2D eigenvalue weighted by atomic mass is 16.4. The van der Waals surface area contributed by atoms with Gasteiger partial charge < -0.3 is 9.52 Å². The first-order valence-electron chi connectivity index (χ1n) is 6.01. The predicted octanol–water partition coefficient (Wildman–Crippen LogP) is 2.12. The van der Waals surface area contributed by atoms with E-state index in [0.717, 1.165) is 36.6 Å². The maximum absolute atomic E-state index is 9.57. The topological polar surface area (TPSA) is 46.3 Å². The SMILES string of the molecule is OC1CCc2nc(Cc3ccccc3)oc2C1. The first kappa shape index (κ1) is 10.5. The van der Waals surface area contributed by atoms with E-state index in [1.54, 1.807) is 0 Å². The van der Waals surface area contributed by atoms with Gasteiger partial charge in [0.15, 0.2) is 5.89 Å². The summed E-state index contributed by atoms with van der Waals surface area (Å²) in [6.07, 6.45) is 2.69. The predicted molar refractivity (Wildman–Crippen MR) is 63.8 cm³/mol. The van der Waals surface area contributed by atoms with Crippen molar-refractivity contribution in [3.8, 4) is 0 Å². The van der Waals surface area contributed by atoms with E-state index in [2.05, 4.69) is 17.1 Å². The van der Waals surface area contributed by atoms with Gasteiger partial charge in [0, 0.05) is 12.8 Å². The van der Waals surface area contributed by atoms with Gasteiger partial charge in [0.05, 0.1) is 11.8 Å². The van der Waals surface area contributed by atoms with Gasteiger partial charge in [-0.15, -0.1) is 0 Å². The van der Waals surface area contributed by atoms with Gasteiger partial charge in [-0.25, -0.2) is 4.98 Å². The summed E-state index contributed by atoms with van der Waals surface area (Å²) in [5.74, 6) is 1.63. The van der Waals surface area contributed by atoms with Crippen molar-refractivity contribution in [2.75, 3.05) is 0 Å². The molecule has 0 bridgehead atoms. The molecule has 0 saturated heterocycles. The summed E-state index contributed by atoms with van der Waals surface area (Å²) >= 11 is 0. The molecule has 17 heavy (non-hydrogen) atoms. The Labute approximate surface area is 100 Å². The van der Waals surface area contributed by atoms with Crippen molar-refractivity contribution in [2.45, 2.75) is 31.8 Å². The Hall–Kier alpha value is -1.61. The molecule has 1 N–H and O–H groups in total. The van der Waals surface area contributed by atoms with E-state index >= 15 is 0 Å². The normalized spacial score (nSPS) is 19.0. The lowest BCUT2D eigenvalue weighted by atomic mass is 9.99. The lowest BCUT2D eigenvalue weighted by Crippen LogP contribution is -2.17. The van der Waals surface area contributed by atoms with Crippen molar-refractivity contribution in [1.82, 2.24) is 4.98 Å². The fraction of sp³-hybridized carbons (Fsp3) is 0.357. The molecule has 1 aliphatic carbocycles. The first-order chi connectivity index (χ1) is 8.31. The Morgan fingerprint density at radius 2 is 2.12 bits per heavy atom. The molecule has 1 aliphatic rings. The van der Waals surface area contributed by atoms with Crippen LogP contribution in [0.4, 0.5) is 0 Å². The number of hydrogen-bond acceptors (Lipinski definition) is 3. The van der Waals surface area contributed by atoms with Crippen LogP contribution in [-0.4, -0.2) is 16.2 Å². The van der Waals surface area contributed by atoms with E-state index in [1.807, 2.05) is 18.2 Å². The minimum atomic E-state index is -0.264. The number of hydrogen-bond donors (Lipinski definition) is 1. The highest BCUT2D eigenvalue weighted by molar-refractivity contribution is 5.21. The van der Waals surface area contributed by atoms with Crippen LogP contribution < -0.4 is 0 Å². The minimum absolute atomic E-state index is 0.264. The molecule has 1 heterocycles. The quantitative estimate of drug-likeness (QED) is 0.858. The lowest BCUT2D eigenvalue weighted by molar-refractivity contribution is 0.149. The molecule has 0 spiro atoms. The molecule has 88 valence electrons. The molecule has 3 heteroatoms. The molecule has 0 amide bonds. The van der Waals surface area contributed by atoms with Gasteiger partial charge in [-0.3, -0.25) is 0 Å². The fourth-order valence-electron chi connectivity index (χ4n) is 2.26. The zero-order chi connectivity index (χ0) is 11.7. The van der Waals surface area contributed by atoms with E-state index in [1.165, 1.54) is 5.56 Å². The molecule has 1 aromatic carbocycles. The molecule has 1 atom stereocenters. The van der Waals surface area contributed by atoms with Crippen molar-refractivity contribution in [3.63, 3.8) is 0 Å². The Morgan fingerprint density at radius 1 is 1.29 bits per heavy atom. The van der Waals surface area contributed by atoms with E-state index < -0.39 is 0 Å². The second kappa shape index (κ2) is 4.34. The summed E-state index contributed by atoms with van der Waals surface area (Å²) in [5.41, 5.74) is 2.23. The number of aliphatic hydroxyl groups excluding tert-OH is 1. The van der Waals surface area contributed by atoms with Crippen LogP contribution in [0.5, 0.6) is 0 Å². The number of aliphatic hydroxyl groups is 1. The number of oxazole rings is 1. The van der Waals surface area contributed by atoms with E-state index in [9.17, 15) is 5.11 Å². The third-order valence-corrected chi connectivity index (χ3v) is 3.16. The van der Waals surface area contributed by atoms with Gasteiger partial charge in [0.25, 0.3) is 0 Å². The van der Waals surface area contributed by atoms with Crippen LogP contribution in [0.2, 0.25) is 0 Å². The molecule has 0 radical (unpaired) electrons. The maximum atomic E-state index is 9.57. The van der Waals surface area contributed by atoms with Crippen LogP contribution in [0.15, 0.2) is 34.7 Å². The van der Waals surface area contributed by atoms with Gasteiger partial charge >= 0.3 is 0 Å². The van der Waals surface area contributed by atoms with E-state index in [0.29, 0.717) is 6.42 Å². The van der Waals surface area contributed by atoms with Crippen LogP contribution in [0.25, 0.3) is 0 Å². The van der Waals surface area contributed by atoms with Crippen LogP contribution in [0.3, 0.4) is 0 Å². The molecular formula is C14H15NO2. The van der Waals surface area contributed by atoms with Crippen LogP contribution in [-0.2, 0) is 19.3 Å². The fourth-order valence-corrected chi connectivity index (χ4v) is 2.26. The van der Waals surface area contributed by atoms with Crippen molar-refractivity contribution in [2.24, 2.45) is 0 Å². The number of aromatic nitrogens is 1. The van der Waals surface area contributed by atoms with Gasteiger partial charge in [-0.05, 0) is 18.4 Å². The van der Waals surface area contributed by atoms with Gasteiger partial charge in [-0.2, -0.15) is 0 Å². The average molecular weight is 229 g/mol. The summed E-state index contributed by atoms with van der Waals surface area (Å²) in [6.45, 7) is 0. The largest absolute Gasteiger partial charge is 0.445 e. The lowest BCUT2D eigenvalue weighted by Gasteiger charge is -2.13. The molecule has 1 unspecified atom stereocenters. The number of nitrogens with zero attached hydrogens (tertiary/aromatic N) is 1. The van der Waals surface area contributed by atoms with Crippen molar-refractivity contribution in [1.29, 1.82) is 0 Å². The molecule has 3 rings (SSSR count). The van der Waals surface area contributed by atoms with Gasteiger partial charge in [0.1, 0.15) is 5.76 Å². The zero-order valence-corrected chi connectivity index (χ0v) is 9.60. The van der Waals surface area contributed by atoms with E-state index in [-0.39, 0.29) is 6.10 Å². The maximum Gasteiger partial charge on any atom is 0.199 e.